The summed E-state index contributed by atoms with van der Waals surface area (Å²) in [5, 5.41) is 10.8. The number of carboxylic acid groups (broad SMARTS) is 1. The molecular formula is C13H14FNO5S. The summed E-state index contributed by atoms with van der Waals surface area (Å²) in [6.07, 6.45) is 3.10. The van der Waals surface area contributed by atoms with Gasteiger partial charge < -0.3 is 10.4 Å². The SMILES string of the molecule is CS(=O)(=O)CCNC(=O)c1cc(C=CC(=O)O)ccc1F. The molecule has 0 heterocycles. The van der Waals surface area contributed by atoms with Gasteiger partial charge in [0, 0.05) is 18.9 Å². The van der Waals surface area contributed by atoms with E-state index in [0.717, 1.165) is 18.4 Å². The van der Waals surface area contributed by atoms with Crippen LogP contribution in [0.1, 0.15) is 15.9 Å². The predicted octanol–water partition coefficient (Wildman–Crippen LogP) is 0.698. The molecule has 0 saturated heterocycles. The Kier molecular flexibility index (Phi) is 5.60. The van der Waals surface area contributed by atoms with Crippen LogP contribution in [-0.2, 0) is 14.6 Å². The van der Waals surface area contributed by atoms with Crippen molar-refractivity contribution >= 4 is 27.8 Å². The number of aliphatic carboxylic acids is 1. The molecule has 0 aliphatic heterocycles. The topological polar surface area (TPSA) is 101 Å². The maximum atomic E-state index is 13.6. The van der Waals surface area contributed by atoms with E-state index >= 15 is 0 Å². The number of carboxylic acids is 1. The van der Waals surface area contributed by atoms with E-state index in [1.54, 1.807) is 0 Å². The Balaban J connectivity index is 2.83. The lowest BCUT2D eigenvalue weighted by molar-refractivity contribution is -0.131. The van der Waals surface area contributed by atoms with E-state index in [1.807, 2.05) is 0 Å². The van der Waals surface area contributed by atoms with Crippen molar-refractivity contribution in [2.75, 3.05) is 18.6 Å². The second-order valence-corrected chi connectivity index (χ2v) is 6.56. The van der Waals surface area contributed by atoms with Crippen molar-refractivity contribution in [3.8, 4) is 0 Å². The second kappa shape index (κ2) is 6.98. The summed E-state index contributed by atoms with van der Waals surface area (Å²) in [7, 11) is -3.22. The van der Waals surface area contributed by atoms with E-state index in [0.29, 0.717) is 5.56 Å². The first kappa shape index (κ1) is 16.8. The molecule has 1 rings (SSSR count). The van der Waals surface area contributed by atoms with E-state index in [2.05, 4.69) is 5.32 Å². The highest BCUT2D eigenvalue weighted by Crippen LogP contribution is 2.12. The molecule has 8 heteroatoms. The molecule has 1 aromatic carbocycles. The van der Waals surface area contributed by atoms with Gasteiger partial charge in [0.15, 0.2) is 0 Å². The third-order valence-electron chi connectivity index (χ3n) is 2.41. The van der Waals surface area contributed by atoms with Gasteiger partial charge in [-0.05, 0) is 23.8 Å². The van der Waals surface area contributed by atoms with Gasteiger partial charge in [-0.15, -0.1) is 0 Å². The maximum Gasteiger partial charge on any atom is 0.328 e. The van der Waals surface area contributed by atoms with Crippen LogP contribution in [0.2, 0.25) is 0 Å². The van der Waals surface area contributed by atoms with Crippen LogP contribution in [0.25, 0.3) is 6.08 Å². The molecule has 1 aromatic rings. The third kappa shape index (κ3) is 6.17. The van der Waals surface area contributed by atoms with Crippen molar-refractivity contribution in [2.45, 2.75) is 0 Å². The van der Waals surface area contributed by atoms with Crippen LogP contribution in [0, 0.1) is 5.82 Å². The lowest BCUT2D eigenvalue weighted by Gasteiger charge is -2.06. The van der Waals surface area contributed by atoms with Crippen LogP contribution in [0.15, 0.2) is 24.3 Å². The van der Waals surface area contributed by atoms with Gasteiger partial charge in [0.25, 0.3) is 5.91 Å². The smallest absolute Gasteiger partial charge is 0.328 e. The van der Waals surface area contributed by atoms with E-state index < -0.39 is 27.5 Å². The lowest BCUT2D eigenvalue weighted by Crippen LogP contribution is -2.29. The maximum absolute atomic E-state index is 13.6. The molecular weight excluding hydrogens is 301 g/mol. The molecule has 0 radical (unpaired) electrons. The van der Waals surface area contributed by atoms with Gasteiger partial charge >= 0.3 is 5.97 Å². The highest BCUT2D eigenvalue weighted by molar-refractivity contribution is 7.90. The van der Waals surface area contributed by atoms with Gasteiger partial charge in [-0.25, -0.2) is 17.6 Å². The van der Waals surface area contributed by atoms with Crippen molar-refractivity contribution in [3.05, 3.63) is 41.2 Å². The molecule has 2 N–H and O–H groups in total. The number of carbonyl (C=O) groups excluding carboxylic acids is 1. The first-order valence-electron chi connectivity index (χ1n) is 5.85. The van der Waals surface area contributed by atoms with E-state index in [4.69, 9.17) is 5.11 Å². The summed E-state index contributed by atoms with van der Waals surface area (Å²) in [6, 6.07) is 3.54. The number of benzene rings is 1. The van der Waals surface area contributed by atoms with Gasteiger partial charge in [0.05, 0.1) is 11.3 Å². The molecule has 0 aliphatic carbocycles. The number of sulfone groups is 1. The number of hydrogen-bond acceptors (Lipinski definition) is 4. The van der Waals surface area contributed by atoms with Crippen molar-refractivity contribution in [3.63, 3.8) is 0 Å². The molecule has 0 unspecified atom stereocenters. The Bertz CT molecular complexity index is 682. The average molecular weight is 315 g/mol. The van der Waals surface area contributed by atoms with Crippen LogP contribution in [0.4, 0.5) is 4.39 Å². The lowest BCUT2D eigenvalue weighted by atomic mass is 10.1. The minimum Gasteiger partial charge on any atom is -0.478 e. The Morgan fingerprint density at radius 2 is 2.05 bits per heavy atom. The monoisotopic (exact) mass is 315 g/mol. The van der Waals surface area contributed by atoms with Crippen molar-refractivity contribution in [1.82, 2.24) is 5.32 Å². The molecule has 0 fully saturated rings. The van der Waals surface area contributed by atoms with Crippen molar-refractivity contribution < 1.29 is 27.5 Å². The fourth-order valence-electron chi connectivity index (χ4n) is 1.43. The Morgan fingerprint density at radius 1 is 1.38 bits per heavy atom. The quantitative estimate of drug-likeness (QED) is 0.753. The summed E-state index contributed by atoms with van der Waals surface area (Å²) in [5.74, 6) is -2.96. The number of hydrogen-bond donors (Lipinski definition) is 2. The first-order chi connectivity index (χ1) is 9.69. The van der Waals surface area contributed by atoms with Gasteiger partial charge in [0.1, 0.15) is 15.7 Å². The second-order valence-electron chi connectivity index (χ2n) is 4.30. The molecule has 21 heavy (non-hydrogen) atoms. The number of carbonyl (C=O) groups is 2. The largest absolute Gasteiger partial charge is 0.478 e. The molecule has 0 spiro atoms. The molecule has 0 aliphatic rings. The predicted molar refractivity (Wildman–Crippen MR) is 75.1 cm³/mol. The zero-order valence-electron chi connectivity index (χ0n) is 11.2. The van der Waals surface area contributed by atoms with Crippen molar-refractivity contribution in [2.24, 2.45) is 0 Å². The van der Waals surface area contributed by atoms with Crippen molar-refractivity contribution in [1.29, 1.82) is 0 Å². The van der Waals surface area contributed by atoms with Crippen LogP contribution < -0.4 is 5.32 Å². The molecule has 0 bridgehead atoms. The molecule has 0 saturated carbocycles. The van der Waals surface area contributed by atoms with E-state index in [9.17, 15) is 22.4 Å². The molecule has 0 aromatic heterocycles. The standard InChI is InChI=1S/C13H14FNO5S/c1-21(19,20)7-6-15-13(18)10-8-9(2-4-11(10)14)3-5-12(16)17/h2-5,8H,6-7H2,1H3,(H,15,18)(H,16,17). The van der Waals surface area contributed by atoms with Gasteiger partial charge in [-0.1, -0.05) is 6.07 Å². The van der Waals surface area contributed by atoms with Crippen LogP contribution in [0.3, 0.4) is 0 Å². The fourth-order valence-corrected chi connectivity index (χ4v) is 1.91. The summed E-state index contributed by atoms with van der Waals surface area (Å²) >= 11 is 0. The highest BCUT2D eigenvalue weighted by Gasteiger charge is 2.12. The Morgan fingerprint density at radius 3 is 2.62 bits per heavy atom. The highest BCUT2D eigenvalue weighted by atomic mass is 32.2. The summed E-state index contributed by atoms with van der Waals surface area (Å²) in [5.41, 5.74) is 0.0584. The summed E-state index contributed by atoms with van der Waals surface area (Å²) in [6.45, 7) is -0.133. The molecule has 0 atom stereocenters. The number of nitrogens with one attached hydrogen (secondary N) is 1. The normalized spacial score (nSPS) is 11.5. The summed E-state index contributed by atoms with van der Waals surface area (Å²) in [4.78, 5) is 22.2. The Labute approximate surface area is 121 Å². The molecule has 1 amide bonds. The van der Waals surface area contributed by atoms with Gasteiger partial charge in [0.2, 0.25) is 0 Å². The zero-order valence-corrected chi connectivity index (χ0v) is 12.0. The number of halogens is 1. The zero-order chi connectivity index (χ0) is 16.0. The number of rotatable bonds is 6. The van der Waals surface area contributed by atoms with Crippen LogP contribution in [0.5, 0.6) is 0 Å². The van der Waals surface area contributed by atoms with Gasteiger partial charge in [-0.2, -0.15) is 0 Å². The van der Waals surface area contributed by atoms with Gasteiger partial charge in [-0.3, -0.25) is 4.79 Å². The Hall–Kier alpha value is -2.22. The molecule has 114 valence electrons. The van der Waals surface area contributed by atoms with E-state index in [-0.39, 0.29) is 17.9 Å². The third-order valence-corrected chi connectivity index (χ3v) is 3.36. The van der Waals surface area contributed by atoms with E-state index in [1.165, 1.54) is 18.2 Å². The fraction of sp³-hybridized carbons (Fsp3) is 0.231. The molecule has 6 nitrogen and oxygen atoms in total. The minimum absolute atomic E-state index is 0.133. The van der Waals surface area contributed by atoms with Crippen LogP contribution in [-0.4, -0.2) is 44.0 Å². The minimum atomic E-state index is -3.22. The van der Waals surface area contributed by atoms with Crippen LogP contribution >= 0.6 is 0 Å². The summed E-state index contributed by atoms with van der Waals surface area (Å²) < 4.78 is 35.4. The number of amides is 1. The average Bonchev–Trinajstić information content (AvgIpc) is 2.36. The first-order valence-corrected chi connectivity index (χ1v) is 7.91.